The molecule has 0 bridgehead atoms. The normalized spacial score (nSPS) is 11.0. The van der Waals surface area contributed by atoms with Gasteiger partial charge in [0, 0.05) is 17.2 Å². The molecule has 0 saturated carbocycles. The number of anilines is 1. The summed E-state index contributed by atoms with van der Waals surface area (Å²) in [6, 6.07) is 7.45. The van der Waals surface area contributed by atoms with Crippen molar-refractivity contribution in [1.82, 2.24) is 29.5 Å². The number of ether oxygens (including phenoxy) is 1. The molecule has 1 amide bonds. The van der Waals surface area contributed by atoms with Crippen LogP contribution in [-0.2, 0) is 11.8 Å². The number of nitrogens with one attached hydrogen (secondary N) is 1. The minimum atomic E-state index is -0.319. The third-order valence-electron chi connectivity index (χ3n) is 4.33. The number of amides is 1. The lowest BCUT2D eigenvalue weighted by Crippen LogP contribution is -2.21. The van der Waals surface area contributed by atoms with Gasteiger partial charge in [0.1, 0.15) is 12.7 Å². The molecular formula is C19H18BrN7O2. The number of benzene rings is 1. The van der Waals surface area contributed by atoms with Crippen LogP contribution in [0.25, 0.3) is 16.7 Å². The number of carbonyl (C=O) groups excluding carboxylic acids is 1. The summed E-state index contributed by atoms with van der Waals surface area (Å²) in [4.78, 5) is 21.0. The summed E-state index contributed by atoms with van der Waals surface area (Å²) in [5.74, 6) is 0.0642. The predicted molar refractivity (Wildman–Crippen MR) is 111 cm³/mol. The molecule has 148 valence electrons. The van der Waals surface area contributed by atoms with E-state index in [4.69, 9.17) is 4.74 Å². The van der Waals surface area contributed by atoms with Crippen molar-refractivity contribution < 1.29 is 9.53 Å². The van der Waals surface area contributed by atoms with Gasteiger partial charge in [-0.3, -0.25) is 4.79 Å². The molecule has 0 aliphatic heterocycles. The zero-order chi connectivity index (χ0) is 20.5. The fourth-order valence-electron chi connectivity index (χ4n) is 3.11. The maximum atomic E-state index is 12.6. The molecule has 0 radical (unpaired) electrons. The molecule has 1 aromatic carbocycles. The Balaban J connectivity index is 1.54. The molecule has 0 aliphatic carbocycles. The van der Waals surface area contributed by atoms with E-state index in [0.29, 0.717) is 17.3 Å². The van der Waals surface area contributed by atoms with Gasteiger partial charge in [-0.25, -0.2) is 19.3 Å². The lowest BCUT2D eigenvalue weighted by molar-refractivity contribution is -0.118. The predicted octanol–water partition coefficient (Wildman–Crippen LogP) is 2.95. The smallest absolute Gasteiger partial charge is 0.262 e. The first-order chi connectivity index (χ1) is 13.9. The van der Waals surface area contributed by atoms with E-state index in [9.17, 15) is 4.79 Å². The average molecular weight is 456 g/mol. The Hall–Kier alpha value is -3.27. The van der Waals surface area contributed by atoms with Gasteiger partial charge in [-0.15, -0.1) is 5.10 Å². The summed E-state index contributed by atoms with van der Waals surface area (Å²) in [6.07, 6.45) is 2.99. The van der Waals surface area contributed by atoms with Gasteiger partial charge in [0.25, 0.3) is 5.91 Å². The first-order valence-corrected chi connectivity index (χ1v) is 9.60. The van der Waals surface area contributed by atoms with Gasteiger partial charge in [0.15, 0.2) is 12.3 Å². The Morgan fingerprint density at radius 2 is 2.10 bits per heavy atom. The molecule has 9 nitrogen and oxygen atoms in total. The summed E-state index contributed by atoms with van der Waals surface area (Å²) in [6.45, 7) is 3.71. The molecule has 3 aromatic heterocycles. The summed E-state index contributed by atoms with van der Waals surface area (Å²) in [5, 5.41) is 12.1. The van der Waals surface area contributed by atoms with Gasteiger partial charge in [-0.2, -0.15) is 5.10 Å². The Labute approximate surface area is 174 Å². The van der Waals surface area contributed by atoms with Gasteiger partial charge in [-0.05, 0) is 43.7 Å². The van der Waals surface area contributed by atoms with Crippen LogP contribution in [-0.4, -0.2) is 42.0 Å². The number of nitrogens with zero attached hydrogens (tertiary/aromatic N) is 6. The Morgan fingerprint density at radius 1 is 1.28 bits per heavy atom. The first kappa shape index (κ1) is 19.1. The minimum absolute atomic E-state index is 0.192. The van der Waals surface area contributed by atoms with E-state index in [2.05, 4.69) is 41.4 Å². The average Bonchev–Trinajstić information content (AvgIpc) is 3.29. The van der Waals surface area contributed by atoms with Crippen molar-refractivity contribution in [1.29, 1.82) is 0 Å². The maximum Gasteiger partial charge on any atom is 0.262 e. The number of rotatable bonds is 5. The number of aromatic nitrogens is 6. The first-order valence-electron chi connectivity index (χ1n) is 8.80. The Kier molecular flexibility index (Phi) is 5.01. The van der Waals surface area contributed by atoms with Gasteiger partial charge in [0.2, 0.25) is 5.88 Å². The highest BCUT2D eigenvalue weighted by atomic mass is 79.9. The second-order valence-electron chi connectivity index (χ2n) is 6.55. The Bertz CT molecular complexity index is 1200. The van der Waals surface area contributed by atoms with Crippen LogP contribution >= 0.6 is 15.9 Å². The minimum Gasteiger partial charge on any atom is -0.466 e. The summed E-state index contributed by atoms with van der Waals surface area (Å²) >= 11 is 3.42. The van der Waals surface area contributed by atoms with Crippen LogP contribution in [0.2, 0.25) is 0 Å². The molecule has 0 unspecified atom stereocenters. The highest BCUT2D eigenvalue weighted by Gasteiger charge is 2.16. The largest absolute Gasteiger partial charge is 0.466 e. The van der Waals surface area contributed by atoms with Crippen LogP contribution in [0, 0.1) is 13.8 Å². The van der Waals surface area contributed by atoms with E-state index < -0.39 is 0 Å². The van der Waals surface area contributed by atoms with Crippen molar-refractivity contribution >= 4 is 38.6 Å². The second-order valence-corrected chi connectivity index (χ2v) is 7.46. The number of hydrogen-bond acceptors (Lipinski definition) is 6. The van der Waals surface area contributed by atoms with E-state index in [-0.39, 0.29) is 12.5 Å². The van der Waals surface area contributed by atoms with E-state index in [1.807, 2.05) is 32.0 Å². The van der Waals surface area contributed by atoms with Crippen molar-refractivity contribution in [2.75, 3.05) is 11.9 Å². The highest BCUT2D eigenvalue weighted by molar-refractivity contribution is 9.10. The van der Waals surface area contributed by atoms with Crippen molar-refractivity contribution in [3.63, 3.8) is 0 Å². The second kappa shape index (κ2) is 7.63. The molecule has 0 saturated heterocycles. The van der Waals surface area contributed by atoms with E-state index >= 15 is 0 Å². The topological polar surface area (TPSA) is 99.7 Å². The van der Waals surface area contributed by atoms with Crippen LogP contribution in [0.5, 0.6) is 5.88 Å². The quantitative estimate of drug-likeness (QED) is 0.496. The van der Waals surface area contributed by atoms with E-state index in [1.54, 1.807) is 28.8 Å². The van der Waals surface area contributed by atoms with E-state index in [1.165, 1.54) is 6.33 Å². The number of hydrogen-bond donors (Lipinski definition) is 1. The number of carbonyl (C=O) groups is 1. The van der Waals surface area contributed by atoms with Crippen LogP contribution < -0.4 is 10.1 Å². The molecule has 0 aliphatic rings. The summed E-state index contributed by atoms with van der Waals surface area (Å²) < 4.78 is 9.78. The molecule has 4 aromatic rings. The molecule has 0 atom stereocenters. The number of pyridine rings is 1. The van der Waals surface area contributed by atoms with Gasteiger partial charge < -0.3 is 10.1 Å². The fourth-order valence-corrected chi connectivity index (χ4v) is 3.47. The molecule has 29 heavy (non-hydrogen) atoms. The molecule has 1 N–H and O–H groups in total. The van der Waals surface area contributed by atoms with Crippen molar-refractivity contribution in [3.8, 4) is 11.6 Å². The van der Waals surface area contributed by atoms with Crippen molar-refractivity contribution in [2.24, 2.45) is 7.05 Å². The number of fused-ring (bicyclic) bond motifs is 1. The van der Waals surface area contributed by atoms with Crippen LogP contribution in [0.3, 0.4) is 0 Å². The lowest BCUT2D eigenvalue weighted by atomic mass is 10.2. The molecule has 0 spiro atoms. The highest BCUT2D eigenvalue weighted by Crippen LogP contribution is 2.27. The van der Waals surface area contributed by atoms with E-state index in [0.717, 1.165) is 26.8 Å². The maximum absolute atomic E-state index is 12.6. The monoisotopic (exact) mass is 455 g/mol. The number of aryl methyl sites for hydroxylation is 3. The summed E-state index contributed by atoms with van der Waals surface area (Å²) in [7, 11) is 1.80. The molecule has 0 fully saturated rings. The third-order valence-corrected chi connectivity index (χ3v) is 4.82. The zero-order valence-corrected chi connectivity index (χ0v) is 17.6. The molecule has 3 heterocycles. The van der Waals surface area contributed by atoms with Gasteiger partial charge in [-0.1, -0.05) is 15.9 Å². The van der Waals surface area contributed by atoms with Gasteiger partial charge in [0.05, 0.1) is 16.8 Å². The van der Waals surface area contributed by atoms with Crippen LogP contribution in [0.4, 0.5) is 5.69 Å². The Morgan fingerprint density at radius 3 is 2.86 bits per heavy atom. The molecule has 4 rings (SSSR count). The summed E-state index contributed by atoms with van der Waals surface area (Å²) in [5.41, 5.74) is 3.89. The standard InChI is InChI=1S/C19H18BrN7O2/c1-11-6-12(2)23-18-17(11)19(25-26(18)3)29-8-16(28)24-14-7-13(20)4-5-15(14)27-10-21-9-22-27/h4-7,9-10H,8H2,1-3H3,(H,24,28). The zero-order valence-electron chi connectivity index (χ0n) is 16.0. The SMILES string of the molecule is Cc1cc(C)c2c(OCC(=O)Nc3cc(Br)ccc3-n3cncn3)nn(C)c2n1. The van der Waals surface area contributed by atoms with Crippen LogP contribution in [0.15, 0.2) is 41.4 Å². The fraction of sp³-hybridized carbons (Fsp3) is 0.211. The van der Waals surface area contributed by atoms with Crippen molar-refractivity contribution in [3.05, 3.63) is 52.7 Å². The van der Waals surface area contributed by atoms with Crippen LogP contribution in [0.1, 0.15) is 11.3 Å². The molecular weight excluding hydrogens is 438 g/mol. The molecule has 10 heteroatoms. The van der Waals surface area contributed by atoms with Crippen molar-refractivity contribution in [2.45, 2.75) is 13.8 Å². The lowest BCUT2D eigenvalue weighted by Gasteiger charge is -2.11. The third kappa shape index (κ3) is 3.83. The van der Waals surface area contributed by atoms with Gasteiger partial charge >= 0.3 is 0 Å². The number of halogens is 1.